The van der Waals surface area contributed by atoms with Gasteiger partial charge in [-0.2, -0.15) is 0 Å². The van der Waals surface area contributed by atoms with Crippen LogP contribution in [0.4, 0.5) is 0 Å². The molecule has 78 valence electrons. The van der Waals surface area contributed by atoms with Crippen molar-refractivity contribution < 1.29 is 9.53 Å². The van der Waals surface area contributed by atoms with Gasteiger partial charge in [0.05, 0.1) is 19.2 Å². The van der Waals surface area contributed by atoms with E-state index in [0.717, 1.165) is 0 Å². The van der Waals surface area contributed by atoms with E-state index in [0.29, 0.717) is 17.9 Å². The number of methoxy groups -OCH3 is 1. The van der Waals surface area contributed by atoms with Crippen LogP contribution in [0.2, 0.25) is 0 Å². The molecular formula is C10H14ClNO2. The molecule has 14 heavy (non-hydrogen) atoms. The summed E-state index contributed by atoms with van der Waals surface area (Å²) in [6.45, 7) is 0.334. The number of ketones is 1. The molecule has 0 atom stereocenters. The molecule has 0 saturated heterocycles. The Kier molecular flexibility index (Phi) is 5.92. The van der Waals surface area contributed by atoms with E-state index in [1.165, 1.54) is 0 Å². The van der Waals surface area contributed by atoms with Gasteiger partial charge in [-0.25, -0.2) is 0 Å². The van der Waals surface area contributed by atoms with E-state index in [4.69, 9.17) is 4.74 Å². The van der Waals surface area contributed by atoms with Gasteiger partial charge in [0.1, 0.15) is 5.75 Å². The number of para-hydroxylation sites is 1. The Bertz CT molecular complexity index is 302. The first-order chi connectivity index (χ1) is 6.29. The van der Waals surface area contributed by atoms with Gasteiger partial charge in [-0.15, -0.1) is 12.4 Å². The van der Waals surface area contributed by atoms with Crippen molar-refractivity contribution in [3.8, 4) is 5.75 Å². The highest BCUT2D eigenvalue weighted by atomic mass is 35.5. The third kappa shape index (κ3) is 3.01. The average molecular weight is 216 g/mol. The van der Waals surface area contributed by atoms with Gasteiger partial charge in [0.15, 0.2) is 5.78 Å². The van der Waals surface area contributed by atoms with E-state index in [1.807, 2.05) is 12.1 Å². The summed E-state index contributed by atoms with van der Waals surface area (Å²) in [5.41, 5.74) is 0.624. The summed E-state index contributed by atoms with van der Waals surface area (Å²) in [6.07, 6.45) is 0. The van der Waals surface area contributed by atoms with Crippen LogP contribution in [-0.4, -0.2) is 26.5 Å². The van der Waals surface area contributed by atoms with Crippen LogP contribution in [0, 0.1) is 0 Å². The van der Waals surface area contributed by atoms with E-state index in [2.05, 4.69) is 5.32 Å². The van der Waals surface area contributed by atoms with Crippen LogP contribution in [0.5, 0.6) is 5.75 Å². The SMILES string of the molecule is CNCC(=O)c1ccccc1OC.Cl. The van der Waals surface area contributed by atoms with Crippen molar-refractivity contribution >= 4 is 18.2 Å². The van der Waals surface area contributed by atoms with Crippen molar-refractivity contribution in [2.75, 3.05) is 20.7 Å². The van der Waals surface area contributed by atoms with Crippen LogP contribution >= 0.6 is 12.4 Å². The summed E-state index contributed by atoms with van der Waals surface area (Å²) in [6, 6.07) is 7.21. The number of carbonyl (C=O) groups excluding carboxylic acids is 1. The van der Waals surface area contributed by atoms with Crippen molar-refractivity contribution in [2.24, 2.45) is 0 Å². The lowest BCUT2D eigenvalue weighted by molar-refractivity contribution is 0.0990. The maximum Gasteiger partial charge on any atom is 0.180 e. The van der Waals surface area contributed by atoms with Gasteiger partial charge >= 0.3 is 0 Å². The molecule has 0 saturated carbocycles. The number of hydrogen-bond acceptors (Lipinski definition) is 3. The zero-order chi connectivity index (χ0) is 9.68. The molecule has 0 spiro atoms. The molecule has 3 nitrogen and oxygen atoms in total. The van der Waals surface area contributed by atoms with Gasteiger partial charge in [-0.05, 0) is 19.2 Å². The lowest BCUT2D eigenvalue weighted by atomic mass is 10.1. The second-order valence-corrected chi connectivity index (χ2v) is 2.65. The number of hydrogen-bond donors (Lipinski definition) is 1. The Morgan fingerprint density at radius 1 is 1.43 bits per heavy atom. The lowest BCUT2D eigenvalue weighted by Crippen LogP contribution is -2.19. The maximum atomic E-state index is 11.5. The maximum absolute atomic E-state index is 11.5. The summed E-state index contributed by atoms with van der Waals surface area (Å²) in [4.78, 5) is 11.5. The highest BCUT2D eigenvalue weighted by molar-refractivity contribution is 6.00. The number of carbonyl (C=O) groups is 1. The van der Waals surface area contributed by atoms with Crippen molar-refractivity contribution in [1.82, 2.24) is 5.32 Å². The Balaban J connectivity index is 0.00000169. The fraction of sp³-hybridized carbons (Fsp3) is 0.300. The Labute approximate surface area is 89.9 Å². The van der Waals surface area contributed by atoms with Crippen molar-refractivity contribution in [1.29, 1.82) is 0 Å². The molecule has 0 heterocycles. The first-order valence-corrected chi connectivity index (χ1v) is 4.10. The predicted octanol–water partition coefficient (Wildman–Crippen LogP) is 1.52. The third-order valence-corrected chi connectivity index (χ3v) is 1.74. The minimum absolute atomic E-state index is 0. The molecule has 1 aromatic rings. The van der Waals surface area contributed by atoms with Gasteiger partial charge in [0, 0.05) is 0 Å². The summed E-state index contributed by atoms with van der Waals surface area (Å²) in [5.74, 6) is 0.669. The van der Waals surface area contributed by atoms with Crippen molar-refractivity contribution in [3.63, 3.8) is 0 Å². The number of likely N-dealkylation sites (N-methyl/N-ethyl adjacent to an activating group) is 1. The zero-order valence-corrected chi connectivity index (χ0v) is 9.06. The van der Waals surface area contributed by atoms with Crippen molar-refractivity contribution in [3.05, 3.63) is 29.8 Å². The van der Waals surface area contributed by atoms with Gasteiger partial charge < -0.3 is 10.1 Å². The highest BCUT2D eigenvalue weighted by Crippen LogP contribution is 2.17. The Morgan fingerprint density at radius 3 is 2.64 bits per heavy atom. The van der Waals surface area contributed by atoms with Gasteiger partial charge in [0.25, 0.3) is 0 Å². The fourth-order valence-corrected chi connectivity index (χ4v) is 1.13. The molecule has 0 aliphatic rings. The molecule has 0 aromatic heterocycles. The van der Waals surface area contributed by atoms with Gasteiger partial charge in [-0.3, -0.25) is 4.79 Å². The molecule has 0 amide bonds. The Hall–Kier alpha value is -1.06. The molecule has 1 aromatic carbocycles. The van der Waals surface area contributed by atoms with E-state index in [1.54, 1.807) is 26.3 Å². The fourth-order valence-electron chi connectivity index (χ4n) is 1.13. The van der Waals surface area contributed by atoms with Crippen LogP contribution in [0.1, 0.15) is 10.4 Å². The summed E-state index contributed by atoms with van der Waals surface area (Å²) in [5, 5.41) is 2.81. The van der Waals surface area contributed by atoms with Gasteiger partial charge in [-0.1, -0.05) is 12.1 Å². The molecule has 1 rings (SSSR count). The smallest absolute Gasteiger partial charge is 0.180 e. The molecule has 4 heteroatoms. The molecule has 1 N–H and O–H groups in total. The van der Waals surface area contributed by atoms with Crippen LogP contribution in [-0.2, 0) is 0 Å². The molecule has 0 bridgehead atoms. The Morgan fingerprint density at radius 2 is 2.07 bits per heavy atom. The topological polar surface area (TPSA) is 38.3 Å². The molecular weight excluding hydrogens is 202 g/mol. The molecule has 0 unspecified atom stereocenters. The third-order valence-electron chi connectivity index (χ3n) is 1.74. The summed E-state index contributed by atoms with van der Waals surface area (Å²) >= 11 is 0. The normalized spacial score (nSPS) is 9.00. The first kappa shape index (κ1) is 12.9. The van der Waals surface area contributed by atoms with E-state index in [-0.39, 0.29) is 18.2 Å². The number of rotatable bonds is 4. The quantitative estimate of drug-likeness (QED) is 0.774. The number of halogens is 1. The molecule has 0 radical (unpaired) electrons. The number of nitrogens with one attached hydrogen (secondary N) is 1. The average Bonchev–Trinajstić information content (AvgIpc) is 2.18. The second kappa shape index (κ2) is 6.40. The number of Topliss-reactive ketones (excluding diaryl/α,β-unsaturated/α-hetero) is 1. The van der Waals surface area contributed by atoms with Crippen LogP contribution < -0.4 is 10.1 Å². The van der Waals surface area contributed by atoms with E-state index >= 15 is 0 Å². The standard InChI is InChI=1S/C10H13NO2.ClH/c1-11-7-9(12)8-5-3-4-6-10(8)13-2;/h3-6,11H,7H2,1-2H3;1H. The number of ether oxygens (including phenoxy) is 1. The summed E-state index contributed by atoms with van der Waals surface area (Å²) < 4.78 is 5.06. The van der Waals surface area contributed by atoms with E-state index in [9.17, 15) is 4.79 Å². The van der Waals surface area contributed by atoms with E-state index < -0.39 is 0 Å². The second-order valence-electron chi connectivity index (χ2n) is 2.65. The van der Waals surface area contributed by atoms with Gasteiger partial charge in [0.2, 0.25) is 0 Å². The first-order valence-electron chi connectivity index (χ1n) is 4.10. The van der Waals surface area contributed by atoms with Crippen LogP contribution in [0.3, 0.4) is 0 Å². The summed E-state index contributed by atoms with van der Waals surface area (Å²) in [7, 11) is 3.30. The van der Waals surface area contributed by atoms with Crippen LogP contribution in [0.15, 0.2) is 24.3 Å². The minimum atomic E-state index is 0. The largest absolute Gasteiger partial charge is 0.496 e. The highest BCUT2D eigenvalue weighted by Gasteiger charge is 2.09. The monoisotopic (exact) mass is 215 g/mol. The lowest BCUT2D eigenvalue weighted by Gasteiger charge is -2.05. The molecule has 0 aliphatic heterocycles. The van der Waals surface area contributed by atoms with Crippen molar-refractivity contribution in [2.45, 2.75) is 0 Å². The predicted molar refractivity (Wildman–Crippen MR) is 58.5 cm³/mol. The number of benzene rings is 1. The zero-order valence-electron chi connectivity index (χ0n) is 8.24. The molecule has 0 aliphatic carbocycles. The van der Waals surface area contributed by atoms with Crippen LogP contribution in [0.25, 0.3) is 0 Å². The molecule has 0 fully saturated rings. The minimum Gasteiger partial charge on any atom is -0.496 e.